The monoisotopic (exact) mass is 499 g/mol. The highest BCUT2D eigenvalue weighted by molar-refractivity contribution is 6.04. The smallest absolute Gasteiger partial charge is 0.416 e. The SMILES string of the molecule is C[C@@H]1CN(c2nc(-c3cnc4c(c3)CCN4C(=O)OC(C)(C)C)cn3nccc23)C(=O)[C@]1(C#N)C1CC1. The molecule has 3 aromatic rings. The third-order valence-corrected chi connectivity index (χ3v) is 7.58. The van der Waals surface area contributed by atoms with Crippen molar-refractivity contribution < 1.29 is 14.3 Å². The third kappa shape index (κ3) is 3.64. The van der Waals surface area contributed by atoms with Crippen LogP contribution in [0.1, 0.15) is 46.1 Å². The maximum atomic E-state index is 13.7. The lowest BCUT2D eigenvalue weighted by Gasteiger charge is -2.24. The summed E-state index contributed by atoms with van der Waals surface area (Å²) in [6.07, 6.45) is 7.23. The van der Waals surface area contributed by atoms with Gasteiger partial charge in [0.1, 0.15) is 22.4 Å². The van der Waals surface area contributed by atoms with Gasteiger partial charge in [0.25, 0.3) is 0 Å². The van der Waals surface area contributed by atoms with Crippen molar-refractivity contribution in [3.05, 3.63) is 36.3 Å². The molecule has 0 N–H and O–H groups in total. The number of nitrogens with zero attached hydrogens (tertiary/aromatic N) is 7. The van der Waals surface area contributed by atoms with Crippen LogP contribution in [0.5, 0.6) is 0 Å². The van der Waals surface area contributed by atoms with E-state index in [1.807, 2.05) is 46.0 Å². The molecule has 5 heterocycles. The van der Waals surface area contributed by atoms with E-state index in [9.17, 15) is 14.9 Å². The summed E-state index contributed by atoms with van der Waals surface area (Å²) in [7, 11) is 0. The van der Waals surface area contributed by atoms with Crippen molar-refractivity contribution in [1.29, 1.82) is 5.26 Å². The van der Waals surface area contributed by atoms with Gasteiger partial charge in [-0.3, -0.25) is 14.6 Å². The molecule has 2 atom stereocenters. The molecule has 37 heavy (non-hydrogen) atoms. The predicted molar refractivity (Wildman–Crippen MR) is 136 cm³/mol. The van der Waals surface area contributed by atoms with Crippen LogP contribution in [0.4, 0.5) is 16.4 Å². The van der Waals surface area contributed by atoms with Gasteiger partial charge in [-0.1, -0.05) is 6.92 Å². The van der Waals surface area contributed by atoms with Gasteiger partial charge in [0, 0.05) is 30.8 Å². The summed E-state index contributed by atoms with van der Waals surface area (Å²) in [5.74, 6) is 0.942. The Hall–Kier alpha value is -4.00. The Morgan fingerprint density at radius 2 is 2.05 bits per heavy atom. The van der Waals surface area contributed by atoms with Crippen molar-refractivity contribution in [1.82, 2.24) is 19.6 Å². The summed E-state index contributed by atoms with van der Waals surface area (Å²) >= 11 is 0. The number of aromatic nitrogens is 4. The summed E-state index contributed by atoms with van der Waals surface area (Å²) in [6.45, 7) is 8.43. The van der Waals surface area contributed by atoms with E-state index in [-0.39, 0.29) is 17.7 Å². The molecule has 10 heteroatoms. The minimum Gasteiger partial charge on any atom is -0.443 e. The number of ether oxygens (including phenoxy) is 1. The van der Waals surface area contributed by atoms with E-state index in [2.05, 4.69) is 16.2 Å². The number of fused-ring (bicyclic) bond motifs is 2. The quantitative estimate of drug-likeness (QED) is 0.535. The van der Waals surface area contributed by atoms with E-state index in [1.54, 1.807) is 26.7 Å². The van der Waals surface area contributed by atoms with Gasteiger partial charge in [-0.25, -0.2) is 19.3 Å². The summed E-state index contributed by atoms with van der Waals surface area (Å²) in [5.41, 5.74) is 1.42. The minimum absolute atomic E-state index is 0.0913. The lowest BCUT2D eigenvalue weighted by atomic mass is 9.75. The molecule has 0 spiro atoms. The molecule has 190 valence electrons. The number of nitriles is 1. The van der Waals surface area contributed by atoms with Gasteiger partial charge >= 0.3 is 6.09 Å². The van der Waals surface area contributed by atoms with Gasteiger partial charge in [0.2, 0.25) is 5.91 Å². The maximum Gasteiger partial charge on any atom is 0.416 e. The maximum absolute atomic E-state index is 13.7. The fourth-order valence-electron chi connectivity index (χ4n) is 5.63. The molecule has 1 aliphatic carbocycles. The first kappa shape index (κ1) is 23.4. The number of rotatable bonds is 3. The van der Waals surface area contributed by atoms with Crippen LogP contribution >= 0.6 is 0 Å². The standard InChI is InChI=1S/C27H29N7O3/c1-16-13-33(24(35)27(16,15-28)19-5-6-19)23-21-7-9-30-34(21)14-20(31-23)18-11-17-8-10-32(22(17)29-12-18)25(36)37-26(2,3)4/h7,9,11-12,14,16,19H,5-6,8,10,13H2,1-4H3/t16-,27+/m1/s1. The van der Waals surface area contributed by atoms with Gasteiger partial charge in [0.15, 0.2) is 5.82 Å². The molecule has 6 rings (SSSR count). The summed E-state index contributed by atoms with van der Waals surface area (Å²) < 4.78 is 7.24. The summed E-state index contributed by atoms with van der Waals surface area (Å²) in [4.78, 5) is 39.1. The highest BCUT2D eigenvalue weighted by atomic mass is 16.6. The molecular formula is C27H29N7O3. The first-order valence-corrected chi connectivity index (χ1v) is 12.7. The fraction of sp³-hybridized carbons (Fsp3) is 0.481. The Morgan fingerprint density at radius 3 is 2.76 bits per heavy atom. The van der Waals surface area contributed by atoms with Gasteiger partial charge in [-0.05, 0) is 63.6 Å². The fourth-order valence-corrected chi connectivity index (χ4v) is 5.63. The predicted octanol–water partition coefficient (Wildman–Crippen LogP) is 3.99. The minimum atomic E-state index is -0.991. The lowest BCUT2D eigenvalue weighted by molar-refractivity contribution is -0.124. The van der Waals surface area contributed by atoms with Crippen LogP contribution in [-0.4, -0.2) is 50.3 Å². The van der Waals surface area contributed by atoms with Crippen molar-refractivity contribution >= 4 is 29.2 Å². The molecule has 1 saturated carbocycles. The average molecular weight is 500 g/mol. The van der Waals surface area contributed by atoms with Crippen molar-refractivity contribution in [2.45, 2.75) is 52.6 Å². The molecule has 0 bridgehead atoms. The molecule has 2 fully saturated rings. The number of hydrogen-bond acceptors (Lipinski definition) is 7. The number of anilines is 2. The number of carbonyl (C=O) groups excluding carboxylic acids is 2. The lowest BCUT2D eigenvalue weighted by Crippen LogP contribution is -2.37. The molecular weight excluding hydrogens is 470 g/mol. The van der Waals surface area contributed by atoms with Crippen molar-refractivity contribution in [2.75, 3.05) is 22.9 Å². The first-order valence-electron chi connectivity index (χ1n) is 12.7. The van der Waals surface area contributed by atoms with Gasteiger partial charge in [-0.2, -0.15) is 10.4 Å². The molecule has 2 amide bonds. The Balaban J connectivity index is 1.37. The van der Waals surface area contributed by atoms with Crippen LogP contribution in [0.2, 0.25) is 0 Å². The van der Waals surface area contributed by atoms with Gasteiger partial charge in [0.05, 0.1) is 24.2 Å². The van der Waals surface area contributed by atoms with E-state index < -0.39 is 17.1 Å². The second kappa shape index (κ2) is 8.00. The van der Waals surface area contributed by atoms with Crippen LogP contribution in [0.25, 0.3) is 16.8 Å². The molecule has 0 aromatic carbocycles. The van der Waals surface area contributed by atoms with E-state index in [0.717, 1.165) is 24.0 Å². The number of pyridine rings is 1. The van der Waals surface area contributed by atoms with E-state index in [4.69, 9.17) is 9.72 Å². The normalized spacial score (nSPS) is 23.4. The van der Waals surface area contributed by atoms with Gasteiger partial charge < -0.3 is 4.74 Å². The Bertz CT molecular complexity index is 1480. The van der Waals surface area contributed by atoms with E-state index in [0.29, 0.717) is 42.4 Å². The second-order valence-corrected chi connectivity index (χ2v) is 11.3. The van der Waals surface area contributed by atoms with Crippen LogP contribution in [-0.2, 0) is 16.0 Å². The van der Waals surface area contributed by atoms with Crippen LogP contribution in [0.3, 0.4) is 0 Å². The van der Waals surface area contributed by atoms with Crippen molar-refractivity contribution in [3.8, 4) is 17.3 Å². The molecule has 10 nitrogen and oxygen atoms in total. The highest BCUT2D eigenvalue weighted by Crippen LogP contribution is 2.54. The molecule has 0 radical (unpaired) electrons. The topological polar surface area (TPSA) is 117 Å². The summed E-state index contributed by atoms with van der Waals surface area (Å²) in [6, 6.07) is 6.19. The third-order valence-electron chi connectivity index (χ3n) is 7.58. The second-order valence-electron chi connectivity index (χ2n) is 11.3. The number of amides is 2. The Kier molecular flexibility index (Phi) is 5.06. The Morgan fingerprint density at radius 1 is 1.27 bits per heavy atom. The van der Waals surface area contributed by atoms with Crippen molar-refractivity contribution in [2.24, 2.45) is 17.3 Å². The summed E-state index contributed by atoms with van der Waals surface area (Å²) in [5, 5.41) is 14.5. The highest BCUT2D eigenvalue weighted by Gasteiger charge is 2.61. The molecule has 2 aliphatic heterocycles. The number of hydrogen-bond donors (Lipinski definition) is 0. The van der Waals surface area contributed by atoms with Crippen molar-refractivity contribution in [3.63, 3.8) is 0 Å². The van der Waals surface area contributed by atoms with E-state index >= 15 is 0 Å². The van der Waals surface area contributed by atoms with Gasteiger partial charge in [-0.15, -0.1) is 0 Å². The van der Waals surface area contributed by atoms with Crippen LogP contribution in [0.15, 0.2) is 30.7 Å². The molecule has 3 aliphatic rings. The van der Waals surface area contributed by atoms with Crippen LogP contribution in [0, 0.1) is 28.6 Å². The van der Waals surface area contributed by atoms with E-state index in [1.165, 1.54) is 0 Å². The largest absolute Gasteiger partial charge is 0.443 e. The Labute approximate surface area is 214 Å². The number of carbonyl (C=O) groups is 2. The average Bonchev–Trinajstić information content (AvgIpc) is 3.33. The zero-order valence-corrected chi connectivity index (χ0v) is 21.4. The zero-order chi connectivity index (χ0) is 26.1. The molecule has 0 unspecified atom stereocenters. The first-order chi connectivity index (χ1) is 17.6. The molecule has 3 aromatic heterocycles. The van der Waals surface area contributed by atoms with Crippen LogP contribution < -0.4 is 9.80 Å². The molecule has 1 saturated heterocycles. The zero-order valence-electron chi connectivity index (χ0n) is 21.4.